The van der Waals surface area contributed by atoms with Crippen molar-refractivity contribution in [2.75, 3.05) is 18.5 Å². The van der Waals surface area contributed by atoms with Crippen molar-refractivity contribution in [1.82, 2.24) is 4.72 Å². The van der Waals surface area contributed by atoms with Gasteiger partial charge in [-0.2, -0.15) is 0 Å². The lowest BCUT2D eigenvalue weighted by molar-refractivity contribution is -0.124. The molecule has 2 N–H and O–H groups in total. The van der Waals surface area contributed by atoms with E-state index in [1.165, 1.54) is 12.1 Å². The molecule has 1 amide bonds. The van der Waals surface area contributed by atoms with Crippen LogP contribution < -0.4 is 10.0 Å². The van der Waals surface area contributed by atoms with Crippen LogP contribution in [0.25, 0.3) is 0 Å². The third-order valence-corrected chi connectivity index (χ3v) is 4.67. The van der Waals surface area contributed by atoms with Gasteiger partial charge in [-0.1, -0.05) is 6.92 Å². The second kappa shape index (κ2) is 7.02. The fraction of sp³-hybridized carbons (Fsp3) is 0.500. The van der Waals surface area contributed by atoms with Gasteiger partial charge in [-0.25, -0.2) is 13.1 Å². The van der Waals surface area contributed by atoms with Crippen molar-refractivity contribution in [1.29, 1.82) is 0 Å². The molecular formula is C14H20N2O4S. The Balaban J connectivity index is 2.00. The van der Waals surface area contributed by atoms with E-state index < -0.39 is 16.1 Å². The van der Waals surface area contributed by atoms with Gasteiger partial charge in [0.2, 0.25) is 10.0 Å². The summed E-state index contributed by atoms with van der Waals surface area (Å²) in [6, 6.07) is 6.10. The van der Waals surface area contributed by atoms with Gasteiger partial charge in [0, 0.05) is 18.8 Å². The van der Waals surface area contributed by atoms with Gasteiger partial charge in [0.15, 0.2) is 0 Å². The lowest BCUT2D eigenvalue weighted by Crippen LogP contribution is -2.27. The largest absolute Gasteiger partial charge is 0.368 e. The maximum atomic E-state index is 11.9. The standard InChI is InChI=1S/C14H20N2O4S/c1-2-9-15-21(18,19)12-7-5-11(6-8-12)16-14(17)13-4-3-10-20-13/h5-8,13,15H,2-4,9-10H2,1H3,(H,16,17). The highest BCUT2D eigenvalue weighted by Gasteiger charge is 2.23. The number of benzene rings is 1. The number of hydrogen-bond acceptors (Lipinski definition) is 4. The molecule has 7 heteroatoms. The number of amides is 1. The average molecular weight is 312 g/mol. The van der Waals surface area contributed by atoms with E-state index in [0.717, 1.165) is 19.3 Å². The molecule has 2 rings (SSSR count). The zero-order chi connectivity index (χ0) is 15.3. The Morgan fingerprint density at radius 3 is 2.62 bits per heavy atom. The minimum atomic E-state index is -3.47. The van der Waals surface area contributed by atoms with Crippen molar-refractivity contribution >= 4 is 21.6 Å². The van der Waals surface area contributed by atoms with Gasteiger partial charge in [-0.15, -0.1) is 0 Å². The molecule has 0 spiro atoms. The monoisotopic (exact) mass is 312 g/mol. The van der Waals surface area contributed by atoms with Gasteiger partial charge in [0.25, 0.3) is 5.91 Å². The molecule has 1 aliphatic heterocycles. The van der Waals surface area contributed by atoms with E-state index >= 15 is 0 Å². The highest BCUT2D eigenvalue weighted by molar-refractivity contribution is 7.89. The van der Waals surface area contributed by atoms with Gasteiger partial charge < -0.3 is 10.1 Å². The van der Waals surface area contributed by atoms with Crippen molar-refractivity contribution in [3.63, 3.8) is 0 Å². The number of carbonyl (C=O) groups is 1. The molecular weight excluding hydrogens is 292 g/mol. The fourth-order valence-corrected chi connectivity index (χ4v) is 3.18. The lowest BCUT2D eigenvalue weighted by atomic mass is 10.2. The lowest BCUT2D eigenvalue weighted by Gasteiger charge is -2.11. The number of hydrogen-bond donors (Lipinski definition) is 2. The minimum Gasteiger partial charge on any atom is -0.368 e. The predicted octanol–water partition coefficient (Wildman–Crippen LogP) is 1.49. The van der Waals surface area contributed by atoms with E-state index in [2.05, 4.69) is 10.0 Å². The molecule has 0 radical (unpaired) electrons. The summed E-state index contributed by atoms with van der Waals surface area (Å²) in [7, 11) is -3.47. The van der Waals surface area contributed by atoms with Gasteiger partial charge in [-0.05, 0) is 43.5 Å². The summed E-state index contributed by atoms with van der Waals surface area (Å²) in [5.74, 6) is -0.188. The van der Waals surface area contributed by atoms with Crippen LogP contribution in [0, 0.1) is 0 Å². The summed E-state index contributed by atoms with van der Waals surface area (Å²) in [5.41, 5.74) is 0.560. The molecule has 1 aromatic carbocycles. The van der Waals surface area contributed by atoms with E-state index in [1.807, 2.05) is 6.92 Å². The maximum absolute atomic E-state index is 11.9. The van der Waals surface area contributed by atoms with E-state index in [4.69, 9.17) is 4.74 Å². The number of rotatable bonds is 6. The first-order valence-electron chi connectivity index (χ1n) is 7.05. The van der Waals surface area contributed by atoms with Gasteiger partial charge in [-0.3, -0.25) is 4.79 Å². The number of sulfonamides is 1. The van der Waals surface area contributed by atoms with Crippen LogP contribution in [0.3, 0.4) is 0 Å². The summed E-state index contributed by atoms with van der Waals surface area (Å²) in [6.45, 7) is 2.91. The molecule has 6 nitrogen and oxygen atoms in total. The van der Waals surface area contributed by atoms with Crippen LogP contribution in [0.4, 0.5) is 5.69 Å². The first-order chi connectivity index (χ1) is 10.0. The molecule has 0 aliphatic carbocycles. The first-order valence-corrected chi connectivity index (χ1v) is 8.53. The molecule has 1 aromatic rings. The highest BCUT2D eigenvalue weighted by Crippen LogP contribution is 2.17. The molecule has 1 aliphatic rings. The van der Waals surface area contributed by atoms with Crippen LogP contribution in [0.15, 0.2) is 29.2 Å². The molecule has 1 heterocycles. The molecule has 1 fully saturated rings. The average Bonchev–Trinajstić information content (AvgIpc) is 3.00. The molecule has 0 aromatic heterocycles. The normalized spacial score (nSPS) is 18.6. The van der Waals surface area contributed by atoms with Crippen molar-refractivity contribution in [2.24, 2.45) is 0 Å². The Bertz CT molecular complexity index is 577. The first kappa shape index (κ1) is 15.9. The molecule has 21 heavy (non-hydrogen) atoms. The Labute approximate surface area is 124 Å². The number of anilines is 1. The Hall–Kier alpha value is -1.44. The zero-order valence-electron chi connectivity index (χ0n) is 12.0. The number of nitrogens with one attached hydrogen (secondary N) is 2. The summed E-state index contributed by atoms with van der Waals surface area (Å²) >= 11 is 0. The number of ether oxygens (including phenoxy) is 1. The fourth-order valence-electron chi connectivity index (χ4n) is 2.04. The van der Waals surface area contributed by atoms with Crippen molar-refractivity contribution in [3.05, 3.63) is 24.3 Å². The molecule has 116 valence electrons. The third kappa shape index (κ3) is 4.26. The SMILES string of the molecule is CCCNS(=O)(=O)c1ccc(NC(=O)C2CCCO2)cc1. The molecule has 1 atom stereocenters. The highest BCUT2D eigenvalue weighted by atomic mass is 32.2. The zero-order valence-corrected chi connectivity index (χ0v) is 12.8. The third-order valence-electron chi connectivity index (χ3n) is 3.20. The maximum Gasteiger partial charge on any atom is 0.253 e. The van der Waals surface area contributed by atoms with E-state index in [9.17, 15) is 13.2 Å². The Morgan fingerprint density at radius 1 is 1.33 bits per heavy atom. The van der Waals surface area contributed by atoms with Crippen molar-refractivity contribution in [3.8, 4) is 0 Å². The molecule has 0 bridgehead atoms. The second-order valence-corrected chi connectivity index (χ2v) is 6.68. The summed E-state index contributed by atoms with van der Waals surface area (Å²) in [5, 5.41) is 2.73. The minimum absolute atomic E-state index is 0.186. The Morgan fingerprint density at radius 2 is 2.05 bits per heavy atom. The molecule has 0 saturated carbocycles. The molecule has 1 unspecified atom stereocenters. The van der Waals surface area contributed by atoms with E-state index in [1.54, 1.807) is 12.1 Å². The van der Waals surface area contributed by atoms with Crippen LogP contribution in [-0.4, -0.2) is 33.6 Å². The smallest absolute Gasteiger partial charge is 0.253 e. The number of carbonyl (C=O) groups excluding carboxylic acids is 1. The van der Waals surface area contributed by atoms with E-state index in [-0.39, 0.29) is 10.8 Å². The van der Waals surface area contributed by atoms with Crippen LogP contribution in [0.2, 0.25) is 0 Å². The van der Waals surface area contributed by atoms with Crippen molar-refractivity contribution < 1.29 is 17.9 Å². The van der Waals surface area contributed by atoms with E-state index in [0.29, 0.717) is 18.8 Å². The summed E-state index contributed by atoms with van der Waals surface area (Å²) < 4.78 is 31.6. The van der Waals surface area contributed by atoms with Gasteiger partial charge in [0.05, 0.1) is 4.90 Å². The Kier molecular flexibility index (Phi) is 5.33. The van der Waals surface area contributed by atoms with Gasteiger partial charge >= 0.3 is 0 Å². The van der Waals surface area contributed by atoms with Gasteiger partial charge in [0.1, 0.15) is 6.10 Å². The quantitative estimate of drug-likeness (QED) is 0.833. The van der Waals surface area contributed by atoms with Crippen LogP contribution in [-0.2, 0) is 19.6 Å². The second-order valence-electron chi connectivity index (χ2n) is 4.91. The van der Waals surface area contributed by atoms with Crippen LogP contribution in [0.5, 0.6) is 0 Å². The van der Waals surface area contributed by atoms with Crippen molar-refractivity contribution in [2.45, 2.75) is 37.2 Å². The van der Waals surface area contributed by atoms with Crippen LogP contribution >= 0.6 is 0 Å². The summed E-state index contributed by atoms with van der Waals surface area (Å²) in [4.78, 5) is 12.1. The molecule has 1 saturated heterocycles. The van der Waals surface area contributed by atoms with Crippen LogP contribution in [0.1, 0.15) is 26.2 Å². The summed E-state index contributed by atoms with van der Waals surface area (Å²) in [6.07, 6.45) is 1.94. The topological polar surface area (TPSA) is 84.5 Å². The predicted molar refractivity (Wildman–Crippen MR) is 79.5 cm³/mol.